The van der Waals surface area contributed by atoms with Crippen molar-refractivity contribution >= 4 is 11.7 Å². The highest BCUT2D eigenvalue weighted by Gasteiger charge is 2.23. The van der Waals surface area contributed by atoms with Crippen LogP contribution in [0, 0.1) is 0 Å². The zero-order valence-electron chi connectivity index (χ0n) is 12.4. The summed E-state index contributed by atoms with van der Waals surface area (Å²) in [6, 6.07) is 7.51. The van der Waals surface area contributed by atoms with Gasteiger partial charge in [-0.2, -0.15) is 0 Å². The predicted molar refractivity (Wildman–Crippen MR) is 80.1 cm³/mol. The average Bonchev–Trinajstić information content (AvgIpc) is 3.01. The van der Waals surface area contributed by atoms with Gasteiger partial charge in [-0.05, 0) is 37.5 Å². The highest BCUT2D eigenvalue weighted by atomic mass is 16.5. The number of benzene rings is 1. The second-order valence-corrected chi connectivity index (χ2v) is 5.31. The molecule has 0 saturated carbocycles. The maximum Gasteiger partial charge on any atom is 0.308 e. The largest absolute Gasteiger partial charge is 0.466 e. The van der Waals surface area contributed by atoms with Gasteiger partial charge in [0, 0.05) is 18.8 Å². The van der Waals surface area contributed by atoms with E-state index < -0.39 is 18.2 Å². The molecule has 1 aliphatic rings. The van der Waals surface area contributed by atoms with Crippen LogP contribution in [0.5, 0.6) is 0 Å². The number of esters is 1. The van der Waals surface area contributed by atoms with Gasteiger partial charge in [-0.15, -0.1) is 0 Å². The number of rotatable bonds is 6. The van der Waals surface area contributed by atoms with E-state index in [4.69, 9.17) is 4.74 Å². The Bertz CT molecular complexity index is 471. The van der Waals surface area contributed by atoms with Gasteiger partial charge in [0.1, 0.15) is 6.10 Å². The maximum atomic E-state index is 11.4. The number of hydrogen-bond acceptors (Lipinski definition) is 5. The molecule has 5 heteroatoms. The van der Waals surface area contributed by atoms with Gasteiger partial charge in [-0.1, -0.05) is 12.1 Å². The van der Waals surface area contributed by atoms with Crippen molar-refractivity contribution in [3.63, 3.8) is 0 Å². The summed E-state index contributed by atoms with van der Waals surface area (Å²) in [7, 11) is 0. The number of ether oxygens (including phenoxy) is 1. The number of nitrogens with zero attached hydrogens (tertiary/aromatic N) is 1. The van der Waals surface area contributed by atoms with Crippen LogP contribution < -0.4 is 4.90 Å². The average molecular weight is 293 g/mol. The van der Waals surface area contributed by atoms with Gasteiger partial charge in [0.2, 0.25) is 0 Å². The Kier molecular flexibility index (Phi) is 5.59. The molecule has 1 aromatic carbocycles. The van der Waals surface area contributed by atoms with Gasteiger partial charge < -0.3 is 19.8 Å². The fourth-order valence-corrected chi connectivity index (χ4v) is 2.61. The van der Waals surface area contributed by atoms with Gasteiger partial charge in [-0.3, -0.25) is 4.79 Å². The summed E-state index contributed by atoms with van der Waals surface area (Å²) in [4.78, 5) is 13.6. The normalized spacial score (nSPS) is 17.6. The van der Waals surface area contributed by atoms with Crippen LogP contribution in [-0.2, 0) is 9.53 Å². The minimum absolute atomic E-state index is 0.205. The third kappa shape index (κ3) is 4.19. The quantitative estimate of drug-likeness (QED) is 0.780. The monoisotopic (exact) mass is 293 g/mol. The molecule has 2 atom stereocenters. The Morgan fingerprint density at radius 2 is 2.05 bits per heavy atom. The minimum Gasteiger partial charge on any atom is -0.466 e. The molecule has 0 aliphatic carbocycles. The maximum absolute atomic E-state index is 11.4. The molecule has 5 nitrogen and oxygen atoms in total. The summed E-state index contributed by atoms with van der Waals surface area (Å²) >= 11 is 0. The molecule has 0 aromatic heterocycles. The van der Waals surface area contributed by atoms with E-state index in [1.165, 1.54) is 12.8 Å². The third-order valence-corrected chi connectivity index (χ3v) is 3.73. The molecule has 1 aromatic rings. The first kappa shape index (κ1) is 15.8. The van der Waals surface area contributed by atoms with Gasteiger partial charge in [0.05, 0.1) is 19.1 Å². The fourth-order valence-electron chi connectivity index (χ4n) is 2.61. The van der Waals surface area contributed by atoms with Crippen LogP contribution in [-0.4, -0.2) is 42.0 Å². The molecular weight excluding hydrogens is 270 g/mol. The minimum atomic E-state index is -1.15. The number of carbonyl (C=O) groups is 1. The fraction of sp³-hybridized carbons (Fsp3) is 0.562. The first-order chi connectivity index (χ1) is 10.1. The van der Waals surface area contributed by atoms with Crippen LogP contribution in [0.25, 0.3) is 0 Å². The van der Waals surface area contributed by atoms with Gasteiger partial charge in [0.15, 0.2) is 0 Å². The van der Waals surface area contributed by atoms with Crippen LogP contribution in [0.2, 0.25) is 0 Å². The molecule has 116 valence electrons. The van der Waals surface area contributed by atoms with Gasteiger partial charge in [-0.25, -0.2) is 0 Å². The number of carbonyl (C=O) groups excluding carboxylic acids is 1. The van der Waals surface area contributed by atoms with Crippen molar-refractivity contribution in [1.29, 1.82) is 0 Å². The Labute approximate surface area is 125 Å². The Morgan fingerprint density at radius 1 is 1.33 bits per heavy atom. The van der Waals surface area contributed by atoms with Crippen molar-refractivity contribution in [2.75, 3.05) is 24.6 Å². The summed E-state index contributed by atoms with van der Waals surface area (Å²) in [6.45, 7) is 4.02. The molecule has 2 unspecified atom stereocenters. The lowest BCUT2D eigenvalue weighted by Crippen LogP contribution is -2.24. The van der Waals surface area contributed by atoms with Crippen LogP contribution in [0.1, 0.15) is 37.9 Å². The summed E-state index contributed by atoms with van der Waals surface area (Å²) < 4.78 is 4.79. The summed E-state index contributed by atoms with van der Waals surface area (Å²) in [5, 5.41) is 20.2. The predicted octanol–water partition coefficient (Wildman–Crippen LogP) is 1.63. The van der Waals surface area contributed by atoms with Crippen LogP contribution in [0.3, 0.4) is 0 Å². The van der Waals surface area contributed by atoms with E-state index in [2.05, 4.69) is 4.90 Å². The van der Waals surface area contributed by atoms with E-state index in [1.54, 1.807) is 13.0 Å². The molecular formula is C16H23NO4. The topological polar surface area (TPSA) is 70.0 Å². The molecule has 0 radical (unpaired) electrons. The second-order valence-electron chi connectivity index (χ2n) is 5.31. The van der Waals surface area contributed by atoms with E-state index in [0.29, 0.717) is 5.56 Å². The molecule has 0 spiro atoms. The molecule has 0 bridgehead atoms. The van der Waals surface area contributed by atoms with Crippen molar-refractivity contribution in [1.82, 2.24) is 0 Å². The SMILES string of the molecule is CCOC(=O)CC(O)C(O)c1cccc(N2CCCC2)c1. The number of hydrogen-bond donors (Lipinski definition) is 2. The van der Waals surface area contributed by atoms with Crippen molar-refractivity contribution in [2.45, 2.75) is 38.4 Å². The van der Waals surface area contributed by atoms with Gasteiger partial charge >= 0.3 is 5.97 Å². The van der Waals surface area contributed by atoms with E-state index >= 15 is 0 Å². The molecule has 0 amide bonds. The third-order valence-electron chi connectivity index (χ3n) is 3.73. The van der Waals surface area contributed by atoms with Crippen molar-refractivity contribution in [2.24, 2.45) is 0 Å². The first-order valence-corrected chi connectivity index (χ1v) is 7.48. The lowest BCUT2D eigenvalue weighted by molar-refractivity contribution is -0.147. The Balaban J connectivity index is 2.02. The van der Waals surface area contributed by atoms with Crippen LogP contribution in [0.15, 0.2) is 24.3 Å². The van der Waals surface area contributed by atoms with Crippen LogP contribution >= 0.6 is 0 Å². The zero-order valence-corrected chi connectivity index (χ0v) is 12.4. The highest BCUT2D eigenvalue weighted by molar-refractivity contribution is 5.70. The van der Waals surface area contributed by atoms with Crippen LogP contribution in [0.4, 0.5) is 5.69 Å². The molecule has 2 N–H and O–H groups in total. The molecule has 1 fully saturated rings. The van der Waals surface area contributed by atoms with Crippen molar-refractivity contribution < 1.29 is 19.7 Å². The second kappa shape index (κ2) is 7.43. The summed E-state index contributed by atoms with van der Waals surface area (Å²) in [6.07, 6.45) is -0.0886. The molecule has 21 heavy (non-hydrogen) atoms. The van der Waals surface area contributed by atoms with E-state index in [0.717, 1.165) is 18.8 Å². The van der Waals surface area contributed by atoms with E-state index in [-0.39, 0.29) is 13.0 Å². The number of aliphatic hydroxyl groups excluding tert-OH is 2. The Morgan fingerprint density at radius 3 is 2.71 bits per heavy atom. The van der Waals surface area contributed by atoms with Gasteiger partial charge in [0.25, 0.3) is 0 Å². The van der Waals surface area contributed by atoms with Crippen molar-refractivity contribution in [3.8, 4) is 0 Å². The van der Waals surface area contributed by atoms with E-state index in [1.807, 2.05) is 18.2 Å². The lowest BCUT2D eigenvalue weighted by atomic mass is 10.0. The summed E-state index contributed by atoms with van der Waals surface area (Å²) in [5.74, 6) is -0.500. The molecule has 1 saturated heterocycles. The number of anilines is 1. The molecule has 2 rings (SSSR count). The highest BCUT2D eigenvalue weighted by Crippen LogP contribution is 2.26. The summed E-state index contributed by atoms with van der Waals surface area (Å²) in [5.41, 5.74) is 1.67. The Hall–Kier alpha value is -1.59. The molecule has 1 aliphatic heterocycles. The van der Waals surface area contributed by atoms with Crippen molar-refractivity contribution in [3.05, 3.63) is 29.8 Å². The standard InChI is InChI=1S/C16H23NO4/c1-2-21-15(19)11-14(18)16(20)12-6-5-7-13(10-12)17-8-3-4-9-17/h5-7,10,14,16,18,20H,2-4,8-9,11H2,1H3. The smallest absolute Gasteiger partial charge is 0.308 e. The zero-order chi connectivity index (χ0) is 15.2. The molecule has 1 heterocycles. The number of aliphatic hydroxyl groups is 2. The first-order valence-electron chi connectivity index (χ1n) is 7.48. The lowest BCUT2D eigenvalue weighted by Gasteiger charge is -2.21. The van der Waals surface area contributed by atoms with E-state index in [9.17, 15) is 15.0 Å².